The maximum absolute atomic E-state index is 13.2. The lowest BCUT2D eigenvalue weighted by molar-refractivity contribution is 0.0706. The van der Waals surface area contributed by atoms with Crippen LogP contribution in [-0.4, -0.2) is 34.1 Å². The fraction of sp³-hybridized carbons (Fsp3) is 0.286. The molecule has 6 nitrogen and oxygen atoms in total. The normalized spacial score (nSPS) is 16.5. The minimum absolute atomic E-state index is 0.0685. The number of hydrogen-bond donors (Lipinski definition) is 0. The lowest BCUT2D eigenvalue weighted by Crippen LogP contribution is -2.31. The summed E-state index contributed by atoms with van der Waals surface area (Å²) in [5.41, 5.74) is 1.46. The zero-order valence-corrected chi connectivity index (χ0v) is 15.2. The van der Waals surface area contributed by atoms with Crippen molar-refractivity contribution in [3.63, 3.8) is 0 Å². The van der Waals surface area contributed by atoms with Crippen LogP contribution >= 0.6 is 0 Å². The van der Waals surface area contributed by atoms with Crippen LogP contribution in [-0.2, 0) is 0 Å². The lowest BCUT2D eigenvalue weighted by Gasteiger charge is -2.23. The Bertz CT molecular complexity index is 923. The fourth-order valence-electron chi connectivity index (χ4n) is 3.42. The first-order valence-electron chi connectivity index (χ1n) is 9.19. The van der Waals surface area contributed by atoms with E-state index in [9.17, 15) is 4.79 Å². The molecule has 0 spiro atoms. The molecule has 1 fully saturated rings. The van der Waals surface area contributed by atoms with E-state index in [-0.39, 0.29) is 11.9 Å². The molecule has 0 unspecified atom stereocenters. The molecule has 1 atom stereocenters. The average Bonchev–Trinajstić information content (AvgIpc) is 3.38. The van der Waals surface area contributed by atoms with Gasteiger partial charge in [-0.05, 0) is 31.9 Å². The highest BCUT2D eigenvalue weighted by molar-refractivity contribution is 5.97. The number of benzene rings is 2. The van der Waals surface area contributed by atoms with E-state index in [1.807, 2.05) is 55.5 Å². The summed E-state index contributed by atoms with van der Waals surface area (Å²) in [6, 6.07) is 16.8. The first-order valence-corrected chi connectivity index (χ1v) is 9.19. The van der Waals surface area contributed by atoms with Crippen molar-refractivity contribution in [2.45, 2.75) is 25.8 Å². The Kier molecular flexibility index (Phi) is 4.87. The summed E-state index contributed by atoms with van der Waals surface area (Å²) < 4.78 is 11.1. The van der Waals surface area contributed by atoms with E-state index in [0.717, 1.165) is 18.4 Å². The number of hydrogen-bond acceptors (Lipinski definition) is 5. The molecule has 138 valence electrons. The predicted molar refractivity (Wildman–Crippen MR) is 100 cm³/mol. The summed E-state index contributed by atoms with van der Waals surface area (Å²) in [7, 11) is 0. The summed E-state index contributed by atoms with van der Waals surface area (Å²) in [6.07, 6.45) is 1.70. The van der Waals surface area contributed by atoms with Crippen molar-refractivity contribution in [3.8, 4) is 17.1 Å². The first kappa shape index (κ1) is 17.3. The van der Waals surface area contributed by atoms with Crippen molar-refractivity contribution in [1.82, 2.24) is 15.0 Å². The monoisotopic (exact) mass is 363 g/mol. The van der Waals surface area contributed by atoms with Gasteiger partial charge in [-0.2, -0.15) is 4.98 Å². The molecule has 1 aromatic heterocycles. The third-order valence-corrected chi connectivity index (χ3v) is 4.69. The summed E-state index contributed by atoms with van der Waals surface area (Å²) in [6.45, 7) is 3.08. The molecule has 27 heavy (non-hydrogen) atoms. The molecule has 4 rings (SSSR count). The van der Waals surface area contributed by atoms with Crippen molar-refractivity contribution in [2.24, 2.45) is 0 Å². The zero-order chi connectivity index (χ0) is 18.6. The number of rotatable bonds is 5. The number of likely N-dealkylation sites (tertiary alicyclic amines) is 1. The zero-order valence-electron chi connectivity index (χ0n) is 15.2. The number of para-hydroxylation sites is 1. The smallest absolute Gasteiger partial charge is 0.258 e. The van der Waals surface area contributed by atoms with Crippen LogP contribution in [0.2, 0.25) is 0 Å². The average molecular weight is 363 g/mol. The Morgan fingerprint density at radius 3 is 2.78 bits per heavy atom. The molecular formula is C21H21N3O3. The molecule has 0 saturated carbocycles. The third kappa shape index (κ3) is 3.43. The number of aromatic nitrogens is 2. The molecule has 0 radical (unpaired) electrons. The van der Waals surface area contributed by atoms with Gasteiger partial charge in [-0.3, -0.25) is 4.79 Å². The van der Waals surface area contributed by atoms with Gasteiger partial charge in [0.15, 0.2) is 0 Å². The van der Waals surface area contributed by atoms with Crippen LogP contribution in [0.15, 0.2) is 59.1 Å². The van der Waals surface area contributed by atoms with Crippen molar-refractivity contribution in [2.75, 3.05) is 13.2 Å². The Hall–Kier alpha value is -3.15. The van der Waals surface area contributed by atoms with Crippen LogP contribution in [0.3, 0.4) is 0 Å². The van der Waals surface area contributed by atoms with Crippen molar-refractivity contribution in [3.05, 3.63) is 66.1 Å². The number of amides is 1. The molecule has 0 aliphatic carbocycles. The van der Waals surface area contributed by atoms with E-state index < -0.39 is 0 Å². The van der Waals surface area contributed by atoms with Crippen molar-refractivity contribution >= 4 is 5.91 Å². The molecule has 2 aromatic carbocycles. The fourth-order valence-corrected chi connectivity index (χ4v) is 3.42. The second-order valence-corrected chi connectivity index (χ2v) is 6.41. The summed E-state index contributed by atoms with van der Waals surface area (Å²) >= 11 is 0. The van der Waals surface area contributed by atoms with Gasteiger partial charge in [0, 0.05) is 12.1 Å². The summed E-state index contributed by atoms with van der Waals surface area (Å²) in [4.78, 5) is 19.5. The van der Waals surface area contributed by atoms with Gasteiger partial charge in [-0.1, -0.05) is 47.6 Å². The Balaban J connectivity index is 1.60. The van der Waals surface area contributed by atoms with E-state index in [0.29, 0.717) is 36.2 Å². The van der Waals surface area contributed by atoms with Crippen LogP contribution in [0.5, 0.6) is 5.75 Å². The van der Waals surface area contributed by atoms with Gasteiger partial charge in [0.05, 0.1) is 12.2 Å². The number of carbonyl (C=O) groups is 1. The van der Waals surface area contributed by atoms with Crippen molar-refractivity contribution < 1.29 is 14.1 Å². The number of ether oxygens (including phenoxy) is 1. The van der Waals surface area contributed by atoms with Gasteiger partial charge in [0.2, 0.25) is 11.7 Å². The second kappa shape index (κ2) is 7.61. The number of nitrogens with zero attached hydrogens (tertiary/aromatic N) is 3. The second-order valence-electron chi connectivity index (χ2n) is 6.41. The van der Waals surface area contributed by atoms with Gasteiger partial charge in [0.1, 0.15) is 11.8 Å². The van der Waals surface area contributed by atoms with Crippen LogP contribution in [0.25, 0.3) is 11.4 Å². The number of carbonyl (C=O) groups excluding carboxylic acids is 1. The highest BCUT2D eigenvalue weighted by Crippen LogP contribution is 2.34. The van der Waals surface area contributed by atoms with Crippen LogP contribution < -0.4 is 4.74 Å². The topological polar surface area (TPSA) is 68.5 Å². The molecule has 1 saturated heterocycles. The van der Waals surface area contributed by atoms with Gasteiger partial charge >= 0.3 is 0 Å². The third-order valence-electron chi connectivity index (χ3n) is 4.69. The molecule has 3 aromatic rings. The Labute approximate surface area is 157 Å². The predicted octanol–water partition coefficient (Wildman–Crippen LogP) is 4.11. The van der Waals surface area contributed by atoms with Crippen LogP contribution in [0, 0.1) is 0 Å². The van der Waals surface area contributed by atoms with Crippen LogP contribution in [0.4, 0.5) is 0 Å². The molecular weight excluding hydrogens is 342 g/mol. The Morgan fingerprint density at radius 1 is 1.19 bits per heavy atom. The van der Waals surface area contributed by atoms with Crippen LogP contribution in [0.1, 0.15) is 42.1 Å². The van der Waals surface area contributed by atoms with Gasteiger partial charge in [-0.15, -0.1) is 0 Å². The molecule has 0 bridgehead atoms. The molecule has 1 aliphatic heterocycles. The maximum atomic E-state index is 13.2. The highest BCUT2D eigenvalue weighted by Gasteiger charge is 2.35. The largest absolute Gasteiger partial charge is 0.493 e. The standard InChI is InChI=1S/C21H21N3O3/c1-2-26-18-13-7-6-11-16(18)21(25)24-14-8-12-17(24)20-22-19(23-27-20)15-9-4-3-5-10-15/h3-7,9-11,13,17H,2,8,12,14H2,1H3/t17-/m0/s1. The van der Waals surface area contributed by atoms with Gasteiger partial charge < -0.3 is 14.2 Å². The van der Waals surface area contributed by atoms with E-state index >= 15 is 0 Å². The minimum Gasteiger partial charge on any atom is -0.493 e. The van der Waals surface area contributed by atoms with Crippen molar-refractivity contribution in [1.29, 1.82) is 0 Å². The first-order chi connectivity index (χ1) is 13.3. The lowest BCUT2D eigenvalue weighted by atomic mass is 10.1. The summed E-state index contributed by atoms with van der Waals surface area (Å²) in [5.74, 6) is 1.56. The molecule has 0 N–H and O–H groups in total. The van der Waals surface area contributed by atoms with E-state index in [1.165, 1.54) is 0 Å². The molecule has 1 amide bonds. The Morgan fingerprint density at radius 2 is 1.96 bits per heavy atom. The van der Waals surface area contributed by atoms with E-state index in [2.05, 4.69) is 10.1 Å². The van der Waals surface area contributed by atoms with Gasteiger partial charge in [0.25, 0.3) is 5.91 Å². The molecule has 1 aliphatic rings. The summed E-state index contributed by atoms with van der Waals surface area (Å²) in [5, 5.41) is 4.10. The SMILES string of the molecule is CCOc1ccccc1C(=O)N1CCC[C@H]1c1nc(-c2ccccc2)no1. The van der Waals surface area contributed by atoms with Gasteiger partial charge in [-0.25, -0.2) is 0 Å². The van der Waals surface area contributed by atoms with E-state index in [4.69, 9.17) is 9.26 Å². The molecule has 2 heterocycles. The maximum Gasteiger partial charge on any atom is 0.258 e. The quantitative estimate of drug-likeness (QED) is 0.682. The minimum atomic E-state index is -0.211. The highest BCUT2D eigenvalue weighted by atomic mass is 16.5. The van der Waals surface area contributed by atoms with E-state index in [1.54, 1.807) is 11.0 Å². The molecule has 6 heteroatoms.